The zero-order valence-electron chi connectivity index (χ0n) is 37.5. The number of unbranched alkanes of at least 4 members (excludes halogenated alkanes) is 5. The summed E-state index contributed by atoms with van der Waals surface area (Å²) >= 11 is 0. The molecule has 0 radical (unpaired) electrons. The number of carbonyl (C=O) groups excluding carboxylic acids is 6. The number of aliphatic hydroxyl groups excluding tert-OH is 1. The number of carbonyl (C=O) groups is 6. The third-order valence-corrected chi connectivity index (χ3v) is 11.1. The van der Waals surface area contributed by atoms with E-state index in [4.69, 9.17) is 9.47 Å². The van der Waals surface area contributed by atoms with Gasteiger partial charge in [-0.25, -0.2) is 9.55 Å². The monoisotopic (exact) mass is 907 g/mol. The fourth-order valence-corrected chi connectivity index (χ4v) is 7.68. The van der Waals surface area contributed by atoms with Crippen LogP contribution in [0, 0.1) is 17.8 Å². The third kappa shape index (κ3) is 23.4. The van der Waals surface area contributed by atoms with Gasteiger partial charge in [0.15, 0.2) is 11.6 Å². The quantitative estimate of drug-likeness (QED) is 0.0426. The minimum absolute atomic E-state index is 0.0305. The van der Waals surface area contributed by atoms with Crippen LogP contribution in [0.3, 0.4) is 0 Å². The molecule has 1 heterocycles. The van der Waals surface area contributed by atoms with Crippen molar-refractivity contribution in [2.75, 3.05) is 46.6 Å². The number of ketones is 3. The summed E-state index contributed by atoms with van der Waals surface area (Å²) in [5.74, 6) is -5.92. The van der Waals surface area contributed by atoms with E-state index < -0.39 is 80.0 Å². The number of aliphatic hydroxyl groups is 1. The molecular formula is C44H70N5O13P. The van der Waals surface area contributed by atoms with Crippen LogP contribution >= 0.6 is 7.82 Å². The van der Waals surface area contributed by atoms with E-state index >= 15 is 0 Å². The Balaban J connectivity index is 2.14. The highest BCUT2D eigenvalue weighted by atomic mass is 31.2. The minimum atomic E-state index is -5.00. The normalized spacial score (nSPS) is 14.0. The van der Waals surface area contributed by atoms with Crippen LogP contribution in [0.25, 0.3) is 0 Å². The molecule has 1 aromatic heterocycles. The molecule has 0 unspecified atom stereocenters. The van der Waals surface area contributed by atoms with Crippen molar-refractivity contribution in [2.45, 2.75) is 123 Å². The summed E-state index contributed by atoms with van der Waals surface area (Å²) in [6.45, 7) is 6.13. The number of nitrogens with zero attached hydrogens (tertiary/aromatic N) is 2. The molecule has 0 saturated carbocycles. The Morgan fingerprint density at radius 2 is 1.54 bits per heavy atom. The van der Waals surface area contributed by atoms with E-state index in [1.165, 1.54) is 29.9 Å². The molecule has 2 aromatic rings. The van der Waals surface area contributed by atoms with Gasteiger partial charge in [0.1, 0.15) is 11.8 Å². The van der Waals surface area contributed by atoms with Gasteiger partial charge in [-0.1, -0.05) is 69.9 Å². The highest BCUT2D eigenvalue weighted by molar-refractivity contribution is 7.46. The number of Topliss-reactive ketones (excluding diaryl/α,β-unsaturated/α-hetero) is 3. The number of ether oxygens (including phenoxy) is 2. The Labute approximate surface area is 371 Å². The Kier molecular flexibility index (Phi) is 26.2. The molecule has 0 fully saturated rings. The number of aromatic amines is 1. The predicted molar refractivity (Wildman–Crippen MR) is 234 cm³/mol. The number of hydrogen-bond acceptors (Lipinski definition) is 12. The fraction of sp³-hybridized carbons (Fsp3) is 0.659. The van der Waals surface area contributed by atoms with Gasteiger partial charge in [0.25, 0.3) is 0 Å². The number of phosphoric ester groups is 1. The summed E-state index contributed by atoms with van der Waals surface area (Å²) in [6.07, 6.45) is 7.58. The van der Waals surface area contributed by atoms with Crippen LogP contribution in [-0.4, -0.2) is 130 Å². The van der Waals surface area contributed by atoms with E-state index in [2.05, 4.69) is 37.3 Å². The molecule has 0 aliphatic heterocycles. The van der Waals surface area contributed by atoms with Crippen molar-refractivity contribution in [1.82, 2.24) is 25.5 Å². The number of phosphoric acid groups is 1. The molecule has 19 heteroatoms. The standard InChI is InChI=1S/C44H70N5O13P/c1-31(2)23-38(47-42(54)28-49(43(55)18-20-61-22-21-60-5)19-14-9-7-6-8-11-15-34-16-12-10-13-17-34)40(52)25-35(24-36-27-45-30-46-36)44(56)48-39(29-50)41(53)26-37(32(3)51)33(4)62-63(57,58)59/h10,12-13,16-17,27,30-31,33,35,37-39,50H,6-9,11,14-15,18-26,28-29H2,1-5H3,(H,45,46)(H,47,54)(H,48,56)(H2,57,58,59)/t33-,35-,37-,38+,39+/m1/s1. The molecule has 0 aliphatic carbocycles. The molecule has 354 valence electrons. The minimum Gasteiger partial charge on any atom is -0.394 e. The van der Waals surface area contributed by atoms with Crippen molar-refractivity contribution >= 4 is 42.9 Å². The second-order valence-electron chi connectivity index (χ2n) is 16.4. The number of aromatic nitrogens is 2. The maximum absolute atomic E-state index is 14.0. The first-order valence-corrected chi connectivity index (χ1v) is 23.3. The van der Waals surface area contributed by atoms with Gasteiger partial charge in [0, 0.05) is 44.8 Å². The lowest BCUT2D eigenvalue weighted by Crippen LogP contribution is -2.50. The number of rotatable bonds is 35. The van der Waals surface area contributed by atoms with Crippen LogP contribution in [0.15, 0.2) is 42.9 Å². The molecule has 3 amide bonds. The predicted octanol–water partition coefficient (Wildman–Crippen LogP) is 3.66. The number of benzene rings is 1. The first-order valence-electron chi connectivity index (χ1n) is 21.8. The van der Waals surface area contributed by atoms with Gasteiger partial charge >= 0.3 is 7.82 Å². The van der Waals surface area contributed by atoms with Crippen LogP contribution < -0.4 is 10.6 Å². The van der Waals surface area contributed by atoms with Crippen LogP contribution in [0.5, 0.6) is 0 Å². The number of methoxy groups -OCH3 is 1. The number of imidazole rings is 1. The number of aryl methyl sites for hydroxylation is 1. The summed E-state index contributed by atoms with van der Waals surface area (Å²) in [5, 5.41) is 15.4. The first-order chi connectivity index (χ1) is 29.9. The van der Waals surface area contributed by atoms with Gasteiger partial charge in [0.2, 0.25) is 17.7 Å². The number of amides is 3. The van der Waals surface area contributed by atoms with Crippen molar-refractivity contribution in [3.8, 4) is 0 Å². The van der Waals surface area contributed by atoms with Crippen LogP contribution in [0.2, 0.25) is 0 Å². The average molecular weight is 908 g/mol. The molecular weight excluding hydrogens is 837 g/mol. The van der Waals surface area contributed by atoms with Gasteiger partial charge < -0.3 is 44.9 Å². The lowest BCUT2D eigenvalue weighted by molar-refractivity contribution is -0.138. The summed E-state index contributed by atoms with van der Waals surface area (Å²) < 4.78 is 26.5. The number of hydrogen-bond donors (Lipinski definition) is 6. The average Bonchev–Trinajstić information content (AvgIpc) is 3.74. The van der Waals surface area contributed by atoms with Crippen molar-refractivity contribution in [2.24, 2.45) is 17.8 Å². The van der Waals surface area contributed by atoms with Gasteiger partial charge in [0.05, 0.1) is 69.7 Å². The summed E-state index contributed by atoms with van der Waals surface area (Å²) in [7, 11) is -3.45. The maximum atomic E-state index is 14.0. The molecule has 0 saturated heterocycles. The van der Waals surface area contributed by atoms with Gasteiger partial charge in [-0.2, -0.15) is 0 Å². The second kappa shape index (κ2) is 30.1. The van der Waals surface area contributed by atoms with Crippen LogP contribution in [-0.2, 0) is 60.2 Å². The Hall–Kier alpha value is -4.16. The lowest BCUT2D eigenvalue weighted by atomic mass is 9.89. The molecule has 0 spiro atoms. The SMILES string of the molecule is COCCOCCC(=O)N(CCCCCCCCc1ccccc1)CC(=O)N[C@@H](CC(C)C)C(=O)C[C@@H](Cc1cnc[nH]1)C(=O)N[C@@H](CO)C(=O)C[C@H](C(C)=O)[C@@H](C)OP(=O)(O)O. The molecule has 0 bridgehead atoms. The number of H-pyrrole nitrogens is 1. The van der Waals surface area contributed by atoms with Crippen molar-refractivity contribution in [3.63, 3.8) is 0 Å². The number of nitrogens with one attached hydrogen (secondary N) is 3. The van der Waals surface area contributed by atoms with E-state index in [1.807, 2.05) is 32.0 Å². The van der Waals surface area contributed by atoms with E-state index in [-0.39, 0.29) is 50.7 Å². The van der Waals surface area contributed by atoms with Crippen molar-refractivity contribution in [1.29, 1.82) is 0 Å². The fourth-order valence-electron chi connectivity index (χ4n) is 7.10. The Morgan fingerprint density at radius 3 is 2.14 bits per heavy atom. The molecule has 63 heavy (non-hydrogen) atoms. The van der Waals surface area contributed by atoms with E-state index in [1.54, 1.807) is 7.11 Å². The highest BCUT2D eigenvalue weighted by Gasteiger charge is 2.35. The Morgan fingerprint density at radius 1 is 0.873 bits per heavy atom. The second-order valence-corrected chi connectivity index (χ2v) is 17.5. The highest BCUT2D eigenvalue weighted by Crippen LogP contribution is 2.39. The largest absolute Gasteiger partial charge is 0.469 e. The lowest BCUT2D eigenvalue weighted by Gasteiger charge is -2.26. The van der Waals surface area contributed by atoms with Gasteiger partial charge in [-0.15, -0.1) is 0 Å². The summed E-state index contributed by atoms with van der Waals surface area (Å²) in [5.41, 5.74) is 1.81. The molecule has 18 nitrogen and oxygen atoms in total. The van der Waals surface area contributed by atoms with Crippen LogP contribution in [0.1, 0.15) is 103 Å². The van der Waals surface area contributed by atoms with E-state index in [0.29, 0.717) is 31.9 Å². The van der Waals surface area contributed by atoms with Gasteiger partial charge in [-0.3, -0.25) is 33.3 Å². The summed E-state index contributed by atoms with van der Waals surface area (Å²) in [4.78, 5) is 107. The molecule has 2 rings (SSSR count). The summed E-state index contributed by atoms with van der Waals surface area (Å²) in [6, 6.07) is 7.79. The van der Waals surface area contributed by atoms with Crippen molar-refractivity contribution in [3.05, 3.63) is 54.1 Å². The zero-order valence-corrected chi connectivity index (χ0v) is 38.4. The topological polar surface area (TPSA) is 264 Å². The van der Waals surface area contributed by atoms with Gasteiger partial charge in [-0.05, 0) is 51.0 Å². The molecule has 1 aromatic carbocycles. The smallest absolute Gasteiger partial charge is 0.394 e. The van der Waals surface area contributed by atoms with E-state index in [9.17, 15) is 48.2 Å². The molecule has 5 atom stereocenters. The maximum Gasteiger partial charge on any atom is 0.469 e. The Bertz CT molecular complexity index is 1720. The molecule has 0 aliphatic rings. The van der Waals surface area contributed by atoms with Crippen LogP contribution in [0.4, 0.5) is 0 Å². The van der Waals surface area contributed by atoms with E-state index in [0.717, 1.165) is 45.4 Å². The molecule has 6 N–H and O–H groups in total. The van der Waals surface area contributed by atoms with Crippen molar-refractivity contribution < 1.29 is 62.2 Å². The first kappa shape index (κ1) is 55.0. The third-order valence-electron chi connectivity index (χ3n) is 10.5. The zero-order chi connectivity index (χ0) is 46.8.